The minimum absolute atomic E-state index is 0.0101. The van der Waals surface area contributed by atoms with E-state index < -0.39 is 0 Å². The maximum atomic E-state index is 13.4. The topological polar surface area (TPSA) is 47.4 Å². The Labute approximate surface area is 211 Å². The van der Waals surface area contributed by atoms with Crippen molar-refractivity contribution in [2.75, 3.05) is 18.1 Å². The summed E-state index contributed by atoms with van der Waals surface area (Å²) in [6.07, 6.45) is 2.26. The highest BCUT2D eigenvalue weighted by molar-refractivity contribution is 5.96. The van der Waals surface area contributed by atoms with Crippen LogP contribution in [0.15, 0.2) is 72.8 Å². The fourth-order valence-electron chi connectivity index (χ4n) is 5.03. The molecule has 6 heteroatoms. The summed E-state index contributed by atoms with van der Waals surface area (Å²) in [7, 11) is 0. The summed E-state index contributed by atoms with van der Waals surface area (Å²) in [5, 5.41) is 0. The van der Waals surface area contributed by atoms with Crippen LogP contribution in [0.5, 0.6) is 5.75 Å². The molecule has 0 N–H and O–H groups in total. The zero-order chi connectivity index (χ0) is 25.1. The first kappa shape index (κ1) is 24.0. The Hall–Kier alpha value is -3.67. The van der Waals surface area contributed by atoms with Gasteiger partial charge in [-0.05, 0) is 66.8 Å². The molecule has 36 heavy (non-hydrogen) atoms. The fourth-order valence-corrected chi connectivity index (χ4v) is 5.03. The van der Waals surface area contributed by atoms with Crippen LogP contribution in [-0.2, 0) is 11.3 Å². The number of amides is 1. The quantitative estimate of drug-likeness (QED) is 0.249. The number of halogens is 1. The number of unbranched alkanes of at least 4 members (excludes halogenated alkanes) is 1. The van der Waals surface area contributed by atoms with Crippen molar-refractivity contribution in [3.05, 3.63) is 90.0 Å². The predicted octanol–water partition coefficient (Wildman–Crippen LogP) is 6.68. The number of aryl methyl sites for hydroxylation is 1. The molecule has 5 rings (SSSR count). The normalized spacial score (nSPS) is 15.8. The number of aromatic nitrogens is 2. The van der Waals surface area contributed by atoms with E-state index in [-0.39, 0.29) is 17.6 Å². The number of carbonyl (C=O) groups excluding carboxylic acids is 1. The van der Waals surface area contributed by atoms with Crippen LogP contribution in [0.25, 0.3) is 11.0 Å². The van der Waals surface area contributed by atoms with Crippen molar-refractivity contribution in [1.82, 2.24) is 9.55 Å². The largest absolute Gasteiger partial charge is 0.493 e. The van der Waals surface area contributed by atoms with E-state index in [4.69, 9.17) is 9.72 Å². The molecule has 3 aromatic carbocycles. The number of rotatable bonds is 9. The van der Waals surface area contributed by atoms with Gasteiger partial charge < -0.3 is 14.2 Å². The van der Waals surface area contributed by atoms with E-state index in [1.54, 1.807) is 17.0 Å². The Morgan fingerprint density at radius 1 is 1.00 bits per heavy atom. The van der Waals surface area contributed by atoms with E-state index in [0.717, 1.165) is 47.7 Å². The average Bonchev–Trinajstić information content (AvgIpc) is 3.45. The molecule has 1 atom stereocenters. The van der Waals surface area contributed by atoms with Crippen molar-refractivity contribution in [3.8, 4) is 5.75 Å². The highest BCUT2D eigenvalue weighted by Crippen LogP contribution is 2.33. The van der Waals surface area contributed by atoms with Crippen LogP contribution in [0.2, 0.25) is 0 Å². The molecule has 1 unspecified atom stereocenters. The number of hydrogen-bond acceptors (Lipinski definition) is 3. The second kappa shape index (κ2) is 10.5. The lowest BCUT2D eigenvalue weighted by molar-refractivity contribution is -0.117. The maximum Gasteiger partial charge on any atom is 0.227 e. The molecule has 1 saturated heterocycles. The third-order valence-corrected chi connectivity index (χ3v) is 6.89. The van der Waals surface area contributed by atoms with E-state index in [2.05, 4.69) is 36.6 Å². The second-order valence-corrected chi connectivity index (χ2v) is 9.74. The van der Waals surface area contributed by atoms with Gasteiger partial charge in [0.2, 0.25) is 5.91 Å². The van der Waals surface area contributed by atoms with Gasteiger partial charge >= 0.3 is 0 Å². The maximum absolute atomic E-state index is 13.4. The van der Waals surface area contributed by atoms with Crippen LogP contribution in [-0.4, -0.2) is 28.6 Å². The molecule has 1 aromatic heterocycles. The number of carbonyl (C=O) groups is 1. The molecule has 0 spiro atoms. The Morgan fingerprint density at radius 2 is 1.75 bits per heavy atom. The predicted molar refractivity (Wildman–Crippen MR) is 141 cm³/mol. The number of fused-ring (bicyclic) bond motifs is 1. The van der Waals surface area contributed by atoms with E-state index in [0.29, 0.717) is 25.5 Å². The van der Waals surface area contributed by atoms with Crippen molar-refractivity contribution in [1.29, 1.82) is 0 Å². The summed E-state index contributed by atoms with van der Waals surface area (Å²) in [6.45, 7) is 6.37. The Bertz CT molecular complexity index is 1350. The lowest BCUT2D eigenvalue weighted by atomic mass is 10.0. The van der Waals surface area contributed by atoms with Crippen molar-refractivity contribution >= 4 is 22.6 Å². The summed E-state index contributed by atoms with van der Waals surface area (Å²) in [5.41, 5.74) is 4.00. The number of para-hydroxylation sites is 3. The number of benzene rings is 3. The molecule has 2 heterocycles. The number of nitrogens with zero attached hydrogens (tertiary/aromatic N) is 3. The minimum atomic E-state index is -0.305. The molecule has 0 radical (unpaired) electrons. The van der Waals surface area contributed by atoms with Crippen LogP contribution in [0.3, 0.4) is 0 Å². The van der Waals surface area contributed by atoms with E-state index in [1.807, 2.05) is 30.3 Å². The SMILES string of the molecule is CC(C)c1ccccc1OCCCCn1c(C2CC(=O)N(c3ccc(F)cc3)C2)nc2ccccc21. The first-order valence-electron chi connectivity index (χ1n) is 12.7. The molecule has 0 saturated carbocycles. The molecule has 0 bridgehead atoms. The van der Waals surface area contributed by atoms with E-state index in [9.17, 15) is 9.18 Å². The van der Waals surface area contributed by atoms with Crippen LogP contribution in [0, 0.1) is 5.82 Å². The van der Waals surface area contributed by atoms with Gasteiger partial charge in [0.15, 0.2) is 0 Å². The first-order chi connectivity index (χ1) is 17.5. The molecule has 5 nitrogen and oxygen atoms in total. The molecule has 1 amide bonds. The van der Waals surface area contributed by atoms with E-state index in [1.165, 1.54) is 17.7 Å². The number of hydrogen-bond donors (Lipinski definition) is 0. The molecule has 4 aromatic rings. The van der Waals surface area contributed by atoms with Gasteiger partial charge in [0, 0.05) is 31.1 Å². The third kappa shape index (κ3) is 4.99. The van der Waals surface area contributed by atoms with Crippen LogP contribution >= 0.6 is 0 Å². The minimum Gasteiger partial charge on any atom is -0.493 e. The first-order valence-corrected chi connectivity index (χ1v) is 12.7. The van der Waals surface area contributed by atoms with Gasteiger partial charge in [0.05, 0.1) is 17.6 Å². The number of imidazole rings is 1. The number of anilines is 1. The third-order valence-electron chi connectivity index (χ3n) is 6.89. The van der Waals surface area contributed by atoms with Gasteiger partial charge in [-0.3, -0.25) is 4.79 Å². The lowest BCUT2D eigenvalue weighted by Gasteiger charge is -2.17. The molecule has 1 aliphatic rings. The monoisotopic (exact) mass is 485 g/mol. The summed E-state index contributed by atoms with van der Waals surface area (Å²) in [5.74, 6) is 2.06. The average molecular weight is 486 g/mol. The molecule has 0 aliphatic carbocycles. The van der Waals surface area contributed by atoms with Crippen LogP contribution in [0.1, 0.15) is 56.3 Å². The summed E-state index contributed by atoms with van der Waals surface area (Å²) in [4.78, 5) is 19.5. The standard InChI is InChI=1S/C30H32FN3O2/c1-21(2)25-9-3-6-12-28(25)36-18-8-7-17-33-27-11-5-4-10-26(27)32-30(33)22-19-29(35)34(20-22)24-15-13-23(31)14-16-24/h3-6,9-16,21-22H,7-8,17-20H2,1-2H3. The van der Waals surface area contributed by atoms with Crippen molar-refractivity contribution in [2.24, 2.45) is 0 Å². The van der Waals surface area contributed by atoms with Crippen molar-refractivity contribution in [3.63, 3.8) is 0 Å². The highest BCUT2D eigenvalue weighted by Gasteiger charge is 2.34. The Balaban J connectivity index is 1.28. The second-order valence-electron chi connectivity index (χ2n) is 9.74. The zero-order valence-electron chi connectivity index (χ0n) is 20.9. The smallest absolute Gasteiger partial charge is 0.227 e. The summed E-state index contributed by atoms with van der Waals surface area (Å²) in [6, 6.07) is 22.5. The molecular formula is C30H32FN3O2. The summed E-state index contributed by atoms with van der Waals surface area (Å²) < 4.78 is 21.8. The fraction of sp³-hybridized carbons (Fsp3) is 0.333. The van der Waals surface area contributed by atoms with Crippen LogP contribution < -0.4 is 9.64 Å². The van der Waals surface area contributed by atoms with E-state index >= 15 is 0 Å². The molecule has 1 fully saturated rings. The van der Waals surface area contributed by atoms with Crippen molar-refractivity contribution < 1.29 is 13.9 Å². The molecule has 1 aliphatic heterocycles. The van der Waals surface area contributed by atoms with Gasteiger partial charge in [-0.1, -0.05) is 44.2 Å². The van der Waals surface area contributed by atoms with Crippen molar-refractivity contribution in [2.45, 2.75) is 51.5 Å². The lowest BCUT2D eigenvalue weighted by Crippen LogP contribution is -2.24. The zero-order valence-corrected chi connectivity index (χ0v) is 20.9. The van der Waals surface area contributed by atoms with Gasteiger partial charge in [0.25, 0.3) is 0 Å². The Kier molecular flexibility index (Phi) is 7.03. The highest BCUT2D eigenvalue weighted by atomic mass is 19.1. The van der Waals surface area contributed by atoms with Crippen LogP contribution in [0.4, 0.5) is 10.1 Å². The van der Waals surface area contributed by atoms with Gasteiger partial charge in [-0.25, -0.2) is 9.37 Å². The molecular weight excluding hydrogens is 453 g/mol. The number of ether oxygens (including phenoxy) is 1. The molecule has 186 valence electrons. The Morgan fingerprint density at radius 3 is 2.56 bits per heavy atom. The van der Waals surface area contributed by atoms with Gasteiger partial charge in [0.1, 0.15) is 17.4 Å². The van der Waals surface area contributed by atoms with Gasteiger partial charge in [-0.2, -0.15) is 0 Å². The summed E-state index contributed by atoms with van der Waals surface area (Å²) >= 11 is 0. The van der Waals surface area contributed by atoms with Gasteiger partial charge in [-0.15, -0.1) is 0 Å².